The summed E-state index contributed by atoms with van der Waals surface area (Å²) in [5.74, 6) is 0.737. The first-order valence-electron chi connectivity index (χ1n) is 5.51. The summed E-state index contributed by atoms with van der Waals surface area (Å²) in [6.45, 7) is 3.98. The number of rotatable bonds is 3. The Morgan fingerprint density at radius 3 is 3.00 bits per heavy atom. The predicted octanol–water partition coefficient (Wildman–Crippen LogP) is 1.86. The maximum Gasteiger partial charge on any atom is 0.213 e. The van der Waals surface area contributed by atoms with E-state index in [4.69, 9.17) is 4.74 Å². The first kappa shape index (κ1) is 10.4. The minimum Gasteiger partial charge on any atom is -0.476 e. The van der Waals surface area contributed by atoms with Crippen LogP contribution in [0.4, 0.5) is 0 Å². The van der Waals surface area contributed by atoms with Gasteiger partial charge in [-0.1, -0.05) is 6.07 Å². The molecule has 0 spiro atoms. The zero-order chi connectivity index (χ0) is 10.7. The molecule has 1 aromatic rings. The summed E-state index contributed by atoms with van der Waals surface area (Å²) in [5, 5.41) is 0. The number of hydrogen-bond donors (Lipinski definition) is 0. The van der Waals surface area contributed by atoms with Crippen LogP contribution in [0.2, 0.25) is 0 Å². The molecule has 0 radical (unpaired) electrons. The molecular formula is C12H18N2O. The van der Waals surface area contributed by atoms with Gasteiger partial charge in [0, 0.05) is 18.3 Å². The highest BCUT2D eigenvalue weighted by molar-refractivity contribution is 5.16. The van der Waals surface area contributed by atoms with Gasteiger partial charge in [-0.3, -0.25) is 0 Å². The maximum atomic E-state index is 5.66. The Hall–Kier alpha value is -1.09. The Morgan fingerprint density at radius 1 is 1.53 bits per heavy atom. The molecule has 0 unspecified atom stereocenters. The van der Waals surface area contributed by atoms with E-state index in [1.807, 2.05) is 25.3 Å². The summed E-state index contributed by atoms with van der Waals surface area (Å²) in [4.78, 5) is 6.58. The summed E-state index contributed by atoms with van der Waals surface area (Å²) in [6, 6.07) is 4.53. The third-order valence-corrected chi connectivity index (χ3v) is 2.98. The van der Waals surface area contributed by atoms with Crippen molar-refractivity contribution >= 4 is 0 Å². The Balaban J connectivity index is 1.85. The highest BCUT2D eigenvalue weighted by Crippen LogP contribution is 2.16. The third kappa shape index (κ3) is 2.69. The molecule has 0 amide bonds. The first-order chi connectivity index (χ1) is 7.25. The molecule has 1 saturated heterocycles. The molecule has 1 fully saturated rings. The molecule has 0 N–H and O–H groups in total. The smallest absolute Gasteiger partial charge is 0.213 e. The van der Waals surface area contributed by atoms with E-state index in [2.05, 4.69) is 16.9 Å². The van der Waals surface area contributed by atoms with Crippen molar-refractivity contribution in [3.63, 3.8) is 0 Å². The van der Waals surface area contributed by atoms with Crippen LogP contribution in [0.3, 0.4) is 0 Å². The molecule has 2 rings (SSSR count). The van der Waals surface area contributed by atoms with Crippen molar-refractivity contribution < 1.29 is 4.74 Å². The van der Waals surface area contributed by atoms with Crippen LogP contribution < -0.4 is 4.74 Å². The van der Waals surface area contributed by atoms with Crippen LogP contribution in [0.1, 0.15) is 18.4 Å². The Bertz CT molecular complexity index is 310. The fourth-order valence-electron chi connectivity index (χ4n) is 1.91. The highest BCUT2D eigenvalue weighted by Gasteiger charge is 2.21. The van der Waals surface area contributed by atoms with Crippen LogP contribution in [-0.4, -0.2) is 36.1 Å². The van der Waals surface area contributed by atoms with Gasteiger partial charge in [0.2, 0.25) is 5.88 Å². The number of aromatic nitrogens is 1. The summed E-state index contributed by atoms with van der Waals surface area (Å²) < 4.78 is 5.66. The van der Waals surface area contributed by atoms with Gasteiger partial charge in [0.1, 0.15) is 6.61 Å². The largest absolute Gasteiger partial charge is 0.476 e. The van der Waals surface area contributed by atoms with Gasteiger partial charge in [-0.15, -0.1) is 0 Å². The summed E-state index contributed by atoms with van der Waals surface area (Å²) >= 11 is 0. The van der Waals surface area contributed by atoms with E-state index >= 15 is 0 Å². The molecule has 0 aliphatic carbocycles. The lowest BCUT2D eigenvalue weighted by Gasteiger charge is -2.19. The fourth-order valence-corrected chi connectivity index (χ4v) is 1.91. The molecule has 82 valence electrons. The molecule has 2 heterocycles. The molecule has 0 bridgehead atoms. The van der Waals surface area contributed by atoms with Gasteiger partial charge in [0.05, 0.1) is 0 Å². The molecule has 15 heavy (non-hydrogen) atoms. The van der Waals surface area contributed by atoms with Crippen molar-refractivity contribution in [3.05, 3.63) is 23.9 Å². The monoisotopic (exact) mass is 206 g/mol. The number of likely N-dealkylation sites (N-methyl/N-ethyl adjacent to an activating group) is 1. The number of hydrogen-bond acceptors (Lipinski definition) is 3. The molecular weight excluding hydrogens is 188 g/mol. The van der Waals surface area contributed by atoms with E-state index in [9.17, 15) is 0 Å². The predicted molar refractivity (Wildman–Crippen MR) is 60.1 cm³/mol. The van der Waals surface area contributed by atoms with Crippen molar-refractivity contribution in [1.29, 1.82) is 0 Å². The molecule has 1 aromatic heterocycles. The third-order valence-electron chi connectivity index (χ3n) is 2.98. The van der Waals surface area contributed by atoms with E-state index in [-0.39, 0.29) is 0 Å². The normalized spacial score (nSPS) is 21.9. The molecule has 0 saturated carbocycles. The van der Waals surface area contributed by atoms with E-state index in [1.54, 1.807) is 0 Å². The topological polar surface area (TPSA) is 25.4 Å². The number of likely N-dealkylation sites (tertiary alicyclic amines) is 1. The van der Waals surface area contributed by atoms with Gasteiger partial charge in [0.25, 0.3) is 0 Å². The zero-order valence-corrected chi connectivity index (χ0v) is 9.44. The van der Waals surface area contributed by atoms with Crippen molar-refractivity contribution in [2.45, 2.75) is 25.8 Å². The van der Waals surface area contributed by atoms with Crippen LogP contribution in [0.15, 0.2) is 18.3 Å². The average Bonchev–Trinajstić information content (AvgIpc) is 2.63. The first-order valence-corrected chi connectivity index (χ1v) is 5.51. The second-order valence-corrected chi connectivity index (χ2v) is 4.26. The number of aryl methyl sites for hydroxylation is 1. The van der Waals surface area contributed by atoms with Crippen LogP contribution in [0.5, 0.6) is 5.88 Å². The maximum absolute atomic E-state index is 5.66. The molecule has 1 atom stereocenters. The number of nitrogens with zero attached hydrogens (tertiary/aromatic N) is 2. The number of ether oxygens (including phenoxy) is 1. The van der Waals surface area contributed by atoms with Gasteiger partial charge < -0.3 is 9.64 Å². The van der Waals surface area contributed by atoms with Gasteiger partial charge in [-0.25, -0.2) is 4.98 Å². The van der Waals surface area contributed by atoms with Crippen LogP contribution in [0.25, 0.3) is 0 Å². The quantitative estimate of drug-likeness (QED) is 0.755. The minimum atomic E-state index is 0.563. The van der Waals surface area contributed by atoms with E-state index in [1.165, 1.54) is 24.9 Å². The van der Waals surface area contributed by atoms with Crippen LogP contribution in [-0.2, 0) is 0 Å². The SMILES string of the molecule is Cc1ccc(OC[C@H]2CCCN2C)nc1. The van der Waals surface area contributed by atoms with Gasteiger partial charge >= 0.3 is 0 Å². The lowest BCUT2D eigenvalue weighted by Crippen LogP contribution is -2.30. The second kappa shape index (κ2) is 4.62. The van der Waals surface area contributed by atoms with Gasteiger partial charge in [0.15, 0.2) is 0 Å². The zero-order valence-electron chi connectivity index (χ0n) is 9.44. The van der Waals surface area contributed by atoms with E-state index < -0.39 is 0 Å². The van der Waals surface area contributed by atoms with Crippen molar-refractivity contribution in [3.8, 4) is 5.88 Å². The standard InChI is InChI=1S/C12H18N2O/c1-10-5-6-12(13-8-10)15-9-11-4-3-7-14(11)2/h5-6,8,11H,3-4,7,9H2,1-2H3/t11-/m1/s1. The van der Waals surface area contributed by atoms with Crippen LogP contribution >= 0.6 is 0 Å². The Labute approximate surface area is 91.1 Å². The Morgan fingerprint density at radius 2 is 2.40 bits per heavy atom. The highest BCUT2D eigenvalue weighted by atomic mass is 16.5. The second-order valence-electron chi connectivity index (χ2n) is 4.26. The molecule has 3 nitrogen and oxygen atoms in total. The van der Waals surface area contributed by atoms with E-state index in [0.29, 0.717) is 6.04 Å². The minimum absolute atomic E-state index is 0.563. The van der Waals surface area contributed by atoms with Crippen molar-refractivity contribution in [1.82, 2.24) is 9.88 Å². The van der Waals surface area contributed by atoms with Gasteiger partial charge in [-0.05, 0) is 38.9 Å². The van der Waals surface area contributed by atoms with E-state index in [0.717, 1.165) is 12.5 Å². The fraction of sp³-hybridized carbons (Fsp3) is 0.583. The molecule has 3 heteroatoms. The lowest BCUT2D eigenvalue weighted by molar-refractivity contribution is 0.193. The van der Waals surface area contributed by atoms with Crippen molar-refractivity contribution in [2.24, 2.45) is 0 Å². The average molecular weight is 206 g/mol. The summed E-state index contributed by atoms with van der Waals surface area (Å²) in [7, 11) is 2.16. The number of pyridine rings is 1. The molecule has 0 aromatic carbocycles. The molecule has 1 aliphatic rings. The van der Waals surface area contributed by atoms with Crippen LogP contribution in [0, 0.1) is 6.92 Å². The summed E-state index contributed by atoms with van der Waals surface area (Å²) in [5.41, 5.74) is 1.17. The summed E-state index contributed by atoms with van der Waals surface area (Å²) in [6.07, 6.45) is 4.36. The van der Waals surface area contributed by atoms with Crippen molar-refractivity contribution in [2.75, 3.05) is 20.2 Å². The Kier molecular flexibility index (Phi) is 3.21. The lowest BCUT2D eigenvalue weighted by atomic mass is 10.2. The van der Waals surface area contributed by atoms with Gasteiger partial charge in [-0.2, -0.15) is 0 Å². The molecule has 1 aliphatic heterocycles.